The molecule has 0 bridgehead atoms. The van der Waals surface area contributed by atoms with E-state index in [1.807, 2.05) is 0 Å². The SMILES string of the molecule is CCCCCCCC/C=C\CCCCCCCC(=O)C(O)C(O)C(O)(C(C)=O)C(=O)CCCCCCC/C=C\CCCCCCCC. The van der Waals surface area contributed by atoms with Gasteiger partial charge < -0.3 is 15.3 Å². The zero-order valence-corrected chi connectivity index (χ0v) is 30.8. The predicted molar refractivity (Wildman–Crippen MR) is 197 cm³/mol. The van der Waals surface area contributed by atoms with Gasteiger partial charge in [-0.25, -0.2) is 0 Å². The minimum Gasteiger partial charge on any atom is -0.386 e. The zero-order chi connectivity index (χ0) is 35.0. The molecule has 0 aliphatic rings. The molecule has 274 valence electrons. The minimum atomic E-state index is -2.77. The number of hydrogen-bond acceptors (Lipinski definition) is 6. The Morgan fingerprint density at radius 3 is 1.19 bits per heavy atom. The second-order valence-corrected chi connectivity index (χ2v) is 13.8. The Labute approximate surface area is 289 Å². The van der Waals surface area contributed by atoms with E-state index in [-0.39, 0.29) is 12.8 Å². The van der Waals surface area contributed by atoms with Gasteiger partial charge in [0, 0.05) is 12.8 Å². The number of unbranched alkanes of at least 4 members (excludes halogenated alkanes) is 22. The maximum Gasteiger partial charge on any atom is 0.210 e. The Kier molecular flexibility index (Phi) is 30.5. The van der Waals surface area contributed by atoms with Crippen LogP contribution in [0.3, 0.4) is 0 Å². The van der Waals surface area contributed by atoms with Crippen molar-refractivity contribution in [3.8, 4) is 0 Å². The lowest BCUT2D eigenvalue weighted by molar-refractivity contribution is -0.173. The molecule has 0 fully saturated rings. The first-order valence-electron chi connectivity index (χ1n) is 19.7. The monoisotopic (exact) mass is 663 g/mol. The van der Waals surface area contributed by atoms with Crippen LogP contribution in [0.25, 0.3) is 0 Å². The molecule has 0 rings (SSSR count). The Balaban J connectivity index is 4.14. The van der Waals surface area contributed by atoms with Gasteiger partial charge in [-0.05, 0) is 71.1 Å². The quantitative estimate of drug-likeness (QED) is 0.0354. The molecule has 0 amide bonds. The van der Waals surface area contributed by atoms with Crippen LogP contribution in [0.15, 0.2) is 24.3 Å². The van der Waals surface area contributed by atoms with Crippen molar-refractivity contribution in [3.05, 3.63) is 24.3 Å². The summed E-state index contributed by atoms with van der Waals surface area (Å²) < 4.78 is 0. The summed E-state index contributed by atoms with van der Waals surface area (Å²) in [7, 11) is 0. The Bertz CT molecular complexity index is 834. The van der Waals surface area contributed by atoms with Crippen LogP contribution in [0.1, 0.15) is 201 Å². The molecule has 3 unspecified atom stereocenters. The molecule has 0 aliphatic carbocycles. The van der Waals surface area contributed by atoms with Gasteiger partial charge in [0.15, 0.2) is 17.3 Å². The lowest BCUT2D eigenvalue weighted by Gasteiger charge is -2.31. The van der Waals surface area contributed by atoms with Crippen LogP contribution in [0.4, 0.5) is 0 Å². The highest BCUT2D eigenvalue weighted by atomic mass is 16.4. The van der Waals surface area contributed by atoms with Crippen molar-refractivity contribution in [2.24, 2.45) is 0 Å². The van der Waals surface area contributed by atoms with E-state index in [9.17, 15) is 29.7 Å². The lowest BCUT2D eigenvalue weighted by Crippen LogP contribution is -2.60. The van der Waals surface area contributed by atoms with E-state index in [1.165, 1.54) is 77.0 Å². The van der Waals surface area contributed by atoms with Crippen molar-refractivity contribution in [1.82, 2.24) is 0 Å². The first-order valence-corrected chi connectivity index (χ1v) is 19.7. The molecule has 6 nitrogen and oxygen atoms in total. The van der Waals surface area contributed by atoms with Gasteiger partial charge in [-0.2, -0.15) is 0 Å². The number of ketones is 3. The summed E-state index contributed by atoms with van der Waals surface area (Å²) in [6.45, 7) is 5.49. The molecule has 0 aromatic carbocycles. The smallest absolute Gasteiger partial charge is 0.210 e. The summed E-state index contributed by atoms with van der Waals surface area (Å²) >= 11 is 0. The van der Waals surface area contributed by atoms with Crippen LogP contribution in [-0.2, 0) is 14.4 Å². The molecular weight excluding hydrogens is 588 g/mol. The van der Waals surface area contributed by atoms with Gasteiger partial charge in [-0.15, -0.1) is 0 Å². The van der Waals surface area contributed by atoms with Crippen LogP contribution in [0.5, 0.6) is 0 Å². The summed E-state index contributed by atoms with van der Waals surface area (Å²) in [5.74, 6) is -2.43. The fraction of sp³-hybridized carbons (Fsp3) is 0.829. The van der Waals surface area contributed by atoms with E-state index in [1.54, 1.807) is 0 Å². The summed E-state index contributed by atoms with van der Waals surface area (Å²) in [6, 6.07) is 0. The van der Waals surface area contributed by atoms with E-state index < -0.39 is 35.2 Å². The third kappa shape index (κ3) is 23.4. The normalized spacial score (nSPS) is 14.5. The van der Waals surface area contributed by atoms with Crippen molar-refractivity contribution < 1.29 is 29.7 Å². The topological polar surface area (TPSA) is 112 Å². The molecule has 0 heterocycles. The van der Waals surface area contributed by atoms with E-state index in [0.29, 0.717) is 12.8 Å². The maximum atomic E-state index is 12.8. The lowest BCUT2D eigenvalue weighted by atomic mass is 9.81. The highest BCUT2D eigenvalue weighted by Gasteiger charge is 2.51. The second kappa shape index (κ2) is 31.6. The second-order valence-electron chi connectivity index (χ2n) is 13.8. The van der Waals surface area contributed by atoms with Gasteiger partial charge in [0.25, 0.3) is 0 Å². The minimum absolute atomic E-state index is 0.0345. The Hall–Kier alpha value is -1.63. The summed E-state index contributed by atoms with van der Waals surface area (Å²) in [6.07, 6.45) is 34.0. The van der Waals surface area contributed by atoms with E-state index in [4.69, 9.17) is 0 Å². The van der Waals surface area contributed by atoms with Crippen molar-refractivity contribution in [2.45, 2.75) is 218 Å². The fourth-order valence-electron chi connectivity index (χ4n) is 6.04. The molecule has 0 spiro atoms. The standard InChI is InChI=1S/C41H74O6/c1-4-6-8-10-12-14-16-18-20-22-24-26-28-30-32-34-37(43)39(45)40(46)41(47,36(3)42)38(44)35-33-31-29-27-25-23-21-19-17-15-13-11-9-7-5-2/h18-21,39-40,45-47H,4-17,22-35H2,1-3H3/b20-18-,21-19-. The van der Waals surface area contributed by atoms with Gasteiger partial charge in [-0.1, -0.05) is 141 Å². The first kappa shape index (κ1) is 45.4. The number of aliphatic hydroxyl groups excluding tert-OH is 2. The van der Waals surface area contributed by atoms with Crippen molar-refractivity contribution in [3.63, 3.8) is 0 Å². The fourth-order valence-corrected chi connectivity index (χ4v) is 6.04. The molecule has 3 N–H and O–H groups in total. The number of Topliss-reactive ketones (excluding diaryl/α,β-unsaturated/α-hetero) is 3. The van der Waals surface area contributed by atoms with Crippen LogP contribution in [-0.4, -0.2) is 50.5 Å². The van der Waals surface area contributed by atoms with Crippen molar-refractivity contribution in [1.29, 1.82) is 0 Å². The van der Waals surface area contributed by atoms with E-state index in [0.717, 1.165) is 84.0 Å². The molecule has 6 heteroatoms. The molecule has 3 atom stereocenters. The van der Waals surface area contributed by atoms with Crippen LogP contribution in [0, 0.1) is 0 Å². The number of rotatable bonds is 35. The molecule has 0 saturated heterocycles. The number of carbonyl (C=O) groups is 3. The molecule has 47 heavy (non-hydrogen) atoms. The van der Waals surface area contributed by atoms with Gasteiger partial charge in [-0.3, -0.25) is 14.4 Å². The average molecular weight is 663 g/mol. The highest BCUT2D eigenvalue weighted by molar-refractivity contribution is 6.10. The molecule has 0 aromatic heterocycles. The van der Waals surface area contributed by atoms with Crippen molar-refractivity contribution in [2.75, 3.05) is 0 Å². The Morgan fingerprint density at radius 1 is 0.511 bits per heavy atom. The van der Waals surface area contributed by atoms with E-state index in [2.05, 4.69) is 38.2 Å². The average Bonchev–Trinajstić information content (AvgIpc) is 3.06. The first-order chi connectivity index (χ1) is 22.7. The zero-order valence-electron chi connectivity index (χ0n) is 30.8. The predicted octanol–water partition coefficient (Wildman–Crippen LogP) is 10.2. The molecule has 0 radical (unpaired) electrons. The molecule has 0 aromatic rings. The molecule has 0 saturated carbocycles. The Morgan fingerprint density at radius 2 is 0.830 bits per heavy atom. The number of hydrogen-bond donors (Lipinski definition) is 3. The third-order valence-corrected chi connectivity index (χ3v) is 9.37. The van der Waals surface area contributed by atoms with Gasteiger partial charge in [0.05, 0.1) is 0 Å². The largest absolute Gasteiger partial charge is 0.386 e. The maximum absolute atomic E-state index is 12.8. The molecular formula is C41H74O6. The summed E-state index contributed by atoms with van der Waals surface area (Å²) in [5, 5.41) is 32.0. The summed E-state index contributed by atoms with van der Waals surface area (Å²) in [4.78, 5) is 37.7. The number of allylic oxidation sites excluding steroid dienone is 4. The third-order valence-electron chi connectivity index (χ3n) is 9.37. The van der Waals surface area contributed by atoms with Crippen LogP contribution < -0.4 is 0 Å². The highest BCUT2D eigenvalue weighted by Crippen LogP contribution is 2.23. The van der Waals surface area contributed by atoms with Crippen molar-refractivity contribution >= 4 is 17.3 Å². The van der Waals surface area contributed by atoms with Gasteiger partial charge in [0.1, 0.15) is 12.2 Å². The van der Waals surface area contributed by atoms with Gasteiger partial charge >= 0.3 is 0 Å². The number of carbonyl (C=O) groups excluding carboxylic acids is 3. The van der Waals surface area contributed by atoms with E-state index >= 15 is 0 Å². The number of aliphatic hydroxyl groups is 3. The van der Waals surface area contributed by atoms with Crippen LogP contribution >= 0.6 is 0 Å². The molecule has 0 aliphatic heterocycles. The van der Waals surface area contributed by atoms with Crippen LogP contribution in [0.2, 0.25) is 0 Å². The van der Waals surface area contributed by atoms with Gasteiger partial charge in [0.2, 0.25) is 5.60 Å². The summed E-state index contributed by atoms with van der Waals surface area (Å²) in [5.41, 5.74) is -2.77.